The van der Waals surface area contributed by atoms with Crippen LogP contribution in [0.15, 0.2) is 12.7 Å². The minimum Gasteiger partial charge on any atom is -0.512 e. The van der Waals surface area contributed by atoms with Gasteiger partial charge < -0.3 is 61.0 Å². The molecule has 399 valence electrons. The van der Waals surface area contributed by atoms with E-state index < -0.39 is 16.2 Å². The first kappa shape index (κ1) is 80.3. The zero-order valence-electron chi connectivity index (χ0n) is 46.6. The fourth-order valence-electron chi connectivity index (χ4n) is 6.95. The molecule has 4 unspecified atom stereocenters. The molecule has 1 fully saturated rings. The van der Waals surface area contributed by atoms with Crippen molar-refractivity contribution in [3.8, 4) is 0 Å². The summed E-state index contributed by atoms with van der Waals surface area (Å²) in [6.07, 6.45) is 8.65. The number of ether oxygens (including phenoxy) is 6. The van der Waals surface area contributed by atoms with Crippen LogP contribution in [0.3, 0.4) is 0 Å². The molecule has 0 spiro atoms. The summed E-state index contributed by atoms with van der Waals surface area (Å²) in [5.41, 5.74) is 2.91. The molecule has 0 bridgehead atoms. The van der Waals surface area contributed by atoms with Crippen molar-refractivity contribution in [1.82, 2.24) is 10.2 Å². The second-order valence-electron chi connectivity index (χ2n) is 17.6. The van der Waals surface area contributed by atoms with Crippen LogP contribution in [0.4, 0.5) is 0 Å². The number of methoxy groups -OCH3 is 6. The Labute approximate surface area is 446 Å². The predicted octanol–water partition coefficient (Wildman–Crippen LogP) is 3.23. The molecular formula is C50H91BN4NaO14. The van der Waals surface area contributed by atoms with E-state index in [-0.39, 0.29) is 123 Å². The summed E-state index contributed by atoms with van der Waals surface area (Å²) in [5.74, 6) is -0.523. The number of allylic oxidation sites excluding steroid dienone is 1. The van der Waals surface area contributed by atoms with Crippen LogP contribution in [0, 0.1) is 57.2 Å². The molecular weight excluding hydrogens is 914 g/mol. The van der Waals surface area contributed by atoms with Gasteiger partial charge in [-0.2, -0.15) is 0 Å². The van der Waals surface area contributed by atoms with E-state index in [2.05, 4.69) is 53.8 Å². The van der Waals surface area contributed by atoms with E-state index in [1.807, 2.05) is 48.5 Å². The van der Waals surface area contributed by atoms with Gasteiger partial charge >= 0.3 is 65.4 Å². The van der Waals surface area contributed by atoms with Crippen molar-refractivity contribution in [2.45, 2.75) is 134 Å². The van der Waals surface area contributed by atoms with Crippen molar-refractivity contribution < 1.29 is 96.3 Å². The van der Waals surface area contributed by atoms with Gasteiger partial charge in [-0.1, -0.05) is 94.1 Å². The van der Waals surface area contributed by atoms with Gasteiger partial charge in [0.05, 0.1) is 77.4 Å². The predicted molar refractivity (Wildman–Crippen MR) is 266 cm³/mol. The average Bonchev–Trinajstić information content (AvgIpc) is 3.65. The number of nitrogens with one attached hydrogen (secondary N) is 1. The van der Waals surface area contributed by atoms with E-state index in [1.54, 1.807) is 17.9 Å². The van der Waals surface area contributed by atoms with Crippen LogP contribution in [-0.2, 0) is 66.8 Å². The Morgan fingerprint density at radius 1 is 0.729 bits per heavy atom. The van der Waals surface area contributed by atoms with E-state index in [1.165, 1.54) is 42.7 Å². The minimum atomic E-state index is -0.661. The Bertz CT molecular complexity index is 1490. The Balaban J connectivity index is -0.000000143. The van der Waals surface area contributed by atoms with Crippen LogP contribution in [0.2, 0.25) is 0 Å². The molecule has 3 N–H and O–H groups in total. The Morgan fingerprint density at radius 2 is 1.11 bits per heavy atom. The molecule has 1 amide bonds. The van der Waals surface area contributed by atoms with E-state index in [9.17, 15) is 38.4 Å². The van der Waals surface area contributed by atoms with Crippen LogP contribution < -0.4 is 40.6 Å². The standard InChI is InChI=1S/C13H25NO4.C12H21NO3.C11H20O2.C10H18O3.C3H7NO2.CN.B.Na/c1-6-10(2)13(3,12(16)18-5)7-8-14-9-11(15)17-4;1-5-9(2)12(3)6-7-13(11(12)15)8-10(14)16-4;1-6-8-11(4,9(3)7-2)10(12)13-5;1-5-8(2)10(3,6-7-11)9(12)13-4;1-6-3(5)2-4;1-2;;/h10,14H,6-9H2,1-5H3;9H,5-8H2,1-4H3;6,9H,1,7-8H2,2-5H3;7-8H,5-6H2,1-4H3;2,4H2,1H3;;;/q;;;;;-1;;+1/t10?,13-;9?,12-;9?,11-;8?,10-;;;;/m1111..../s1. The van der Waals surface area contributed by atoms with Gasteiger partial charge in [-0.3, -0.25) is 33.6 Å². The normalized spacial score (nSPS) is 17.3. The average molecular weight is 1010 g/mol. The number of likely N-dealkylation sites (tertiary alicyclic amines) is 1. The summed E-state index contributed by atoms with van der Waals surface area (Å²) in [5, 5.41) is 9.22. The molecule has 20 heteroatoms. The third kappa shape index (κ3) is 27.7. The number of carbonyl (C=O) groups is 8. The smallest absolute Gasteiger partial charge is 0.512 e. The number of hydrogen-bond donors (Lipinski definition) is 2. The number of amides is 1. The molecule has 1 saturated heterocycles. The third-order valence-corrected chi connectivity index (χ3v) is 13.8. The molecule has 1 aliphatic heterocycles. The quantitative estimate of drug-likeness (QED) is 0.0283. The molecule has 1 rings (SSSR count). The second-order valence-corrected chi connectivity index (χ2v) is 17.6. The first-order valence-electron chi connectivity index (χ1n) is 23.2. The van der Waals surface area contributed by atoms with Crippen LogP contribution in [-0.4, -0.2) is 137 Å². The van der Waals surface area contributed by atoms with E-state index in [4.69, 9.17) is 31.8 Å². The van der Waals surface area contributed by atoms with Crippen LogP contribution >= 0.6 is 0 Å². The van der Waals surface area contributed by atoms with E-state index in [0.29, 0.717) is 37.8 Å². The summed E-state index contributed by atoms with van der Waals surface area (Å²) >= 11 is 0. The minimum absolute atomic E-state index is 0. The summed E-state index contributed by atoms with van der Waals surface area (Å²) < 4.78 is 27.6. The maximum Gasteiger partial charge on any atom is 1.00 e. The van der Waals surface area contributed by atoms with Gasteiger partial charge in [0.2, 0.25) is 5.91 Å². The van der Waals surface area contributed by atoms with E-state index in [0.717, 1.165) is 38.4 Å². The fourth-order valence-corrected chi connectivity index (χ4v) is 6.95. The first-order valence-corrected chi connectivity index (χ1v) is 23.2. The number of nitrogens with two attached hydrogens (primary N) is 1. The summed E-state index contributed by atoms with van der Waals surface area (Å²) in [6.45, 7) is 33.9. The number of carbonyl (C=O) groups excluding carboxylic acids is 8. The molecule has 0 aromatic heterocycles. The number of aldehydes is 1. The second kappa shape index (κ2) is 43.9. The zero-order chi connectivity index (χ0) is 54.5. The molecule has 70 heavy (non-hydrogen) atoms. The van der Waals surface area contributed by atoms with Crippen molar-refractivity contribution in [3.63, 3.8) is 0 Å². The molecule has 0 aromatic carbocycles. The largest absolute Gasteiger partial charge is 1.00 e. The van der Waals surface area contributed by atoms with Gasteiger partial charge in [0, 0.05) is 21.4 Å². The van der Waals surface area contributed by atoms with Crippen LogP contribution in [0.5, 0.6) is 0 Å². The first-order chi connectivity index (χ1) is 31.7. The van der Waals surface area contributed by atoms with Gasteiger partial charge in [-0.25, -0.2) is 0 Å². The van der Waals surface area contributed by atoms with Gasteiger partial charge in [0.1, 0.15) is 12.8 Å². The van der Waals surface area contributed by atoms with Crippen molar-refractivity contribution in [2.24, 2.45) is 51.1 Å². The Hall–Kier alpha value is -3.83. The number of hydrogen-bond acceptors (Lipinski definition) is 17. The van der Waals surface area contributed by atoms with Gasteiger partial charge in [-0.05, 0) is 70.3 Å². The number of rotatable bonds is 23. The fraction of sp³-hybridized carbons (Fsp3) is 0.780. The molecule has 1 heterocycles. The third-order valence-electron chi connectivity index (χ3n) is 13.8. The maximum absolute atomic E-state index is 12.2. The molecule has 3 radical (unpaired) electrons. The monoisotopic (exact) mass is 1010 g/mol. The molecule has 0 aromatic rings. The van der Waals surface area contributed by atoms with E-state index >= 15 is 0 Å². The number of nitrogens with zero attached hydrogens (tertiary/aromatic N) is 2. The van der Waals surface area contributed by atoms with Crippen molar-refractivity contribution >= 4 is 56.4 Å². The molecule has 8 atom stereocenters. The summed E-state index contributed by atoms with van der Waals surface area (Å²) in [4.78, 5) is 91.1. The molecule has 1 aliphatic rings. The molecule has 0 saturated carbocycles. The number of esters is 6. The van der Waals surface area contributed by atoms with Gasteiger partial charge in [-0.15, -0.1) is 6.58 Å². The van der Waals surface area contributed by atoms with Crippen LogP contribution in [0.25, 0.3) is 0 Å². The Morgan fingerprint density at radius 3 is 1.43 bits per heavy atom. The van der Waals surface area contributed by atoms with Gasteiger partial charge in [0.15, 0.2) is 0 Å². The Kier molecular flexibility index (Phi) is 50.4. The summed E-state index contributed by atoms with van der Waals surface area (Å²) in [7, 11) is 8.19. The van der Waals surface area contributed by atoms with Crippen molar-refractivity contribution in [1.29, 1.82) is 5.26 Å². The van der Waals surface area contributed by atoms with Gasteiger partial charge in [0.25, 0.3) is 0 Å². The van der Waals surface area contributed by atoms with Crippen molar-refractivity contribution in [2.75, 3.05) is 75.4 Å². The SMILES string of the molecule is C=CC[C@@](C)(C(=O)OC)C(C)CC.CCC(C)[C@@](C)(CC=O)C(=O)OC.CCC(C)[C@@](C)(CCNCC(=O)OC)C(=O)OC.CCC(C)[C@@]1(C)CCN(CC(=O)OC)C1=O.COC(=O)CN.[B].[C-]#N.[Na+]. The van der Waals surface area contributed by atoms with Crippen LogP contribution in [0.1, 0.15) is 134 Å². The topological polar surface area (TPSA) is 257 Å². The molecule has 0 aliphatic carbocycles. The molecule has 18 nitrogen and oxygen atoms in total. The van der Waals surface area contributed by atoms with Crippen molar-refractivity contribution in [3.05, 3.63) is 19.2 Å². The zero-order valence-corrected chi connectivity index (χ0v) is 48.6. The maximum atomic E-state index is 12.2. The summed E-state index contributed by atoms with van der Waals surface area (Å²) in [6, 6.07) is 0.